The van der Waals surface area contributed by atoms with Gasteiger partial charge >= 0.3 is 12.1 Å². The number of amides is 3. The Bertz CT molecular complexity index is 821. The number of hydrogen-bond acceptors (Lipinski definition) is 7. The van der Waals surface area contributed by atoms with Crippen LogP contribution in [-0.2, 0) is 9.47 Å². The normalized spacial score (nSPS) is 19.4. The molecule has 10 nitrogen and oxygen atoms in total. The molecule has 0 aliphatic carbocycles. The molecule has 1 atom stereocenters. The molecule has 0 aromatic heterocycles. The van der Waals surface area contributed by atoms with E-state index < -0.39 is 29.9 Å². The summed E-state index contributed by atoms with van der Waals surface area (Å²) in [7, 11) is 1.40. The van der Waals surface area contributed by atoms with Gasteiger partial charge in [-0.05, 0) is 12.2 Å². The number of cyclic esters (lactones) is 1. The number of rotatable bonds is 4. The zero-order chi connectivity index (χ0) is 21.8. The van der Waals surface area contributed by atoms with Crippen LogP contribution in [0.4, 0.5) is 29.7 Å². The number of primary amides is 1. The third kappa shape index (κ3) is 4.79. The lowest BCUT2D eigenvalue weighted by Crippen LogP contribution is -2.46. The van der Waals surface area contributed by atoms with Crippen LogP contribution in [0.5, 0.6) is 0 Å². The molecule has 4 N–H and O–H groups in total. The minimum absolute atomic E-state index is 0.0438. The lowest BCUT2D eigenvalue weighted by molar-refractivity contribution is 0.142. The summed E-state index contributed by atoms with van der Waals surface area (Å²) in [6.45, 7) is 1.18. The Kier molecular flexibility index (Phi) is 6.72. The number of nitrogens with two attached hydrogens (primary N) is 1. The molecule has 0 bridgehead atoms. The molecular weight excluding hydrogens is 422 g/mol. The molecule has 2 aliphatic rings. The van der Waals surface area contributed by atoms with Gasteiger partial charge < -0.3 is 25.4 Å². The first-order chi connectivity index (χ1) is 14.3. The molecule has 1 aromatic carbocycles. The summed E-state index contributed by atoms with van der Waals surface area (Å²) in [5.41, 5.74) is 7.83. The summed E-state index contributed by atoms with van der Waals surface area (Å²) < 4.78 is 39.7. The zero-order valence-corrected chi connectivity index (χ0v) is 17.0. The van der Waals surface area contributed by atoms with Crippen LogP contribution in [0.1, 0.15) is 0 Å². The second-order valence-corrected chi connectivity index (χ2v) is 7.00. The average Bonchev–Trinajstić information content (AvgIpc) is 2.90. The molecule has 2 heterocycles. The number of hydrazine groups is 1. The van der Waals surface area contributed by atoms with Crippen LogP contribution in [0.3, 0.4) is 0 Å². The highest BCUT2D eigenvalue weighted by atomic mass is 32.1. The van der Waals surface area contributed by atoms with E-state index in [9.17, 15) is 18.4 Å². The Labute approximate surface area is 176 Å². The number of nitrogens with one attached hydrogen (secondary N) is 2. The molecular formula is C17H22F2N6O4S. The number of urea groups is 1. The molecule has 2 aliphatic heterocycles. The highest BCUT2D eigenvalue weighted by Crippen LogP contribution is 2.31. The number of carbonyl (C=O) groups is 2. The average molecular weight is 444 g/mol. The Morgan fingerprint density at radius 2 is 2.07 bits per heavy atom. The maximum absolute atomic E-state index is 14.8. The predicted molar refractivity (Wildman–Crippen MR) is 108 cm³/mol. The summed E-state index contributed by atoms with van der Waals surface area (Å²) in [6, 6.07) is 1.50. The third-order valence-corrected chi connectivity index (χ3v) is 5.02. The fraction of sp³-hybridized carbons (Fsp3) is 0.471. The lowest BCUT2D eigenvalue weighted by atomic mass is 10.2. The zero-order valence-electron chi connectivity index (χ0n) is 16.2. The number of hydrogen-bond donors (Lipinski definition) is 3. The van der Waals surface area contributed by atoms with Crippen molar-refractivity contribution in [1.29, 1.82) is 0 Å². The monoisotopic (exact) mass is 444 g/mol. The van der Waals surface area contributed by atoms with Crippen molar-refractivity contribution < 1.29 is 27.8 Å². The van der Waals surface area contributed by atoms with E-state index in [2.05, 4.69) is 10.7 Å². The van der Waals surface area contributed by atoms with Crippen molar-refractivity contribution in [3.63, 3.8) is 0 Å². The molecule has 3 rings (SSSR count). The van der Waals surface area contributed by atoms with Crippen molar-refractivity contribution in [1.82, 2.24) is 15.8 Å². The number of anilines is 2. The van der Waals surface area contributed by atoms with Gasteiger partial charge in [0.1, 0.15) is 11.8 Å². The van der Waals surface area contributed by atoms with Gasteiger partial charge in [0.15, 0.2) is 11.6 Å². The molecule has 2 fully saturated rings. The third-order valence-electron chi connectivity index (χ3n) is 4.71. The molecule has 0 saturated carbocycles. The van der Waals surface area contributed by atoms with Crippen molar-refractivity contribution in [3.8, 4) is 0 Å². The van der Waals surface area contributed by atoms with E-state index in [4.69, 9.17) is 27.4 Å². The van der Waals surface area contributed by atoms with E-state index in [0.717, 1.165) is 17.0 Å². The van der Waals surface area contributed by atoms with Gasteiger partial charge in [-0.25, -0.2) is 23.8 Å². The van der Waals surface area contributed by atoms with Gasteiger partial charge in [0.05, 0.1) is 32.4 Å². The van der Waals surface area contributed by atoms with E-state index in [-0.39, 0.29) is 55.8 Å². The van der Waals surface area contributed by atoms with Crippen LogP contribution in [0, 0.1) is 11.6 Å². The van der Waals surface area contributed by atoms with E-state index in [1.54, 1.807) is 0 Å². The van der Waals surface area contributed by atoms with Crippen molar-refractivity contribution in [3.05, 3.63) is 23.8 Å². The molecule has 30 heavy (non-hydrogen) atoms. The molecule has 1 aromatic rings. The Morgan fingerprint density at radius 1 is 1.37 bits per heavy atom. The highest BCUT2D eigenvalue weighted by molar-refractivity contribution is 7.80. The Hall–Kier alpha value is -2.93. The number of methoxy groups -OCH3 is 1. The molecule has 164 valence electrons. The summed E-state index contributed by atoms with van der Waals surface area (Å²) in [5.74, 6) is -1.65. The number of nitrogens with zero attached hydrogens (tertiary/aromatic N) is 3. The van der Waals surface area contributed by atoms with E-state index in [1.807, 2.05) is 0 Å². The quantitative estimate of drug-likeness (QED) is 0.577. The van der Waals surface area contributed by atoms with E-state index in [1.165, 1.54) is 17.0 Å². The smallest absolute Gasteiger partial charge is 0.414 e. The van der Waals surface area contributed by atoms with Gasteiger partial charge in [0, 0.05) is 31.8 Å². The molecule has 0 unspecified atom stereocenters. The Balaban J connectivity index is 1.72. The first-order valence-electron chi connectivity index (χ1n) is 9.14. The van der Waals surface area contributed by atoms with E-state index >= 15 is 0 Å². The summed E-state index contributed by atoms with van der Waals surface area (Å²) >= 11 is 4.86. The van der Waals surface area contributed by atoms with Gasteiger partial charge in [0.25, 0.3) is 5.17 Å². The SMILES string of the molecule is COC(=S)NC[C@H]1CN(c2cc(F)c(N3CCNN(C(N)=O)CC3)c(F)c2)C(=O)O1. The lowest BCUT2D eigenvalue weighted by Gasteiger charge is -2.24. The van der Waals surface area contributed by atoms with Crippen LogP contribution in [0.15, 0.2) is 12.1 Å². The van der Waals surface area contributed by atoms with Gasteiger partial charge in [-0.2, -0.15) is 0 Å². The standard InChI is InChI=1S/C17H22F2N6O4S/c1-28-16(30)21-8-11-9-24(17(27)29-11)10-6-12(18)14(13(19)7-10)23-3-2-22-25(5-4-23)15(20)26/h6-7,11,22H,2-5,8-9H2,1H3,(H2,20,26)(H,21,30)/t11-/m0/s1. The second-order valence-electron chi connectivity index (χ2n) is 6.63. The van der Waals surface area contributed by atoms with Crippen molar-refractivity contribution >= 4 is 40.9 Å². The minimum Gasteiger partial charge on any atom is -0.474 e. The molecule has 0 spiro atoms. The number of carbonyl (C=O) groups excluding carboxylic acids is 2. The van der Waals surface area contributed by atoms with Crippen LogP contribution in [0.2, 0.25) is 0 Å². The van der Waals surface area contributed by atoms with Crippen molar-refractivity contribution in [2.45, 2.75) is 6.10 Å². The van der Waals surface area contributed by atoms with E-state index in [0.29, 0.717) is 0 Å². The first kappa shape index (κ1) is 21.8. The molecule has 2 saturated heterocycles. The predicted octanol–water partition coefficient (Wildman–Crippen LogP) is 0.516. The fourth-order valence-corrected chi connectivity index (χ4v) is 3.34. The largest absolute Gasteiger partial charge is 0.474 e. The minimum atomic E-state index is -0.826. The van der Waals surface area contributed by atoms with Crippen LogP contribution in [-0.4, -0.2) is 74.8 Å². The molecule has 3 amide bonds. The maximum Gasteiger partial charge on any atom is 0.414 e. The van der Waals surface area contributed by atoms with Crippen LogP contribution < -0.4 is 26.3 Å². The van der Waals surface area contributed by atoms with Crippen molar-refractivity contribution in [2.24, 2.45) is 5.73 Å². The number of thiocarbonyl (C=S) groups is 1. The number of benzene rings is 1. The maximum atomic E-state index is 14.8. The topological polar surface area (TPSA) is 112 Å². The van der Waals surface area contributed by atoms with Crippen molar-refractivity contribution in [2.75, 3.05) is 56.2 Å². The fourth-order valence-electron chi connectivity index (χ4n) is 3.26. The summed E-state index contributed by atoms with van der Waals surface area (Å²) in [4.78, 5) is 26.1. The van der Waals surface area contributed by atoms with Crippen LogP contribution >= 0.6 is 12.2 Å². The Morgan fingerprint density at radius 3 is 2.70 bits per heavy atom. The first-order valence-corrected chi connectivity index (χ1v) is 9.55. The second kappa shape index (κ2) is 9.26. The van der Waals surface area contributed by atoms with Gasteiger partial charge in [-0.1, -0.05) is 0 Å². The van der Waals surface area contributed by atoms with Gasteiger partial charge in [0.2, 0.25) is 0 Å². The summed E-state index contributed by atoms with van der Waals surface area (Å²) in [6.07, 6.45) is -1.28. The summed E-state index contributed by atoms with van der Waals surface area (Å²) in [5, 5.41) is 4.10. The molecule has 13 heteroatoms. The number of ether oxygens (including phenoxy) is 2. The highest BCUT2D eigenvalue weighted by Gasteiger charge is 2.34. The molecule has 0 radical (unpaired) electrons. The number of halogens is 2. The van der Waals surface area contributed by atoms with Gasteiger partial charge in [-0.15, -0.1) is 0 Å². The van der Waals surface area contributed by atoms with Crippen LogP contribution in [0.25, 0.3) is 0 Å². The van der Waals surface area contributed by atoms with Gasteiger partial charge in [-0.3, -0.25) is 9.91 Å².